The number of hydrogen-bond donors (Lipinski definition) is 1. The first kappa shape index (κ1) is 28.5. The quantitative estimate of drug-likeness (QED) is 0.427. The second-order valence-electron chi connectivity index (χ2n) is 8.39. The molecule has 10 heteroatoms. The lowest BCUT2D eigenvalue weighted by Gasteiger charge is -2.32. The van der Waals surface area contributed by atoms with Crippen molar-refractivity contribution in [1.82, 2.24) is 10.2 Å². The van der Waals surface area contributed by atoms with Crippen LogP contribution in [0.15, 0.2) is 42.5 Å². The van der Waals surface area contributed by atoms with Gasteiger partial charge in [-0.2, -0.15) is 0 Å². The fraction of sp³-hybridized carbons (Fsp3) is 0.440. The summed E-state index contributed by atoms with van der Waals surface area (Å²) in [5, 5.41) is 3.20. The summed E-state index contributed by atoms with van der Waals surface area (Å²) in [7, 11) is -2.28. The molecule has 2 amide bonds. The van der Waals surface area contributed by atoms with Crippen LogP contribution in [0.4, 0.5) is 5.69 Å². The van der Waals surface area contributed by atoms with E-state index in [2.05, 4.69) is 5.32 Å². The van der Waals surface area contributed by atoms with Crippen LogP contribution in [0.5, 0.6) is 5.75 Å². The van der Waals surface area contributed by atoms with Gasteiger partial charge in [-0.25, -0.2) is 8.42 Å². The Hall–Kier alpha value is -2.78. The molecule has 2 aromatic rings. The van der Waals surface area contributed by atoms with E-state index in [1.807, 2.05) is 13.0 Å². The Labute approximate surface area is 213 Å². The molecule has 1 N–H and O–H groups in total. The minimum Gasteiger partial charge on any atom is -0.497 e. The third kappa shape index (κ3) is 8.14. The zero-order valence-electron chi connectivity index (χ0n) is 20.9. The van der Waals surface area contributed by atoms with Crippen LogP contribution < -0.4 is 14.4 Å². The van der Waals surface area contributed by atoms with E-state index in [1.54, 1.807) is 51.3 Å². The first-order valence-electron chi connectivity index (χ1n) is 11.4. The van der Waals surface area contributed by atoms with Crippen LogP contribution in [0.3, 0.4) is 0 Å². The number of unbranched alkanes of at least 4 members (excludes halogenated alkanes) is 1. The van der Waals surface area contributed by atoms with Gasteiger partial charge in [-0.1, -0.05) is 43.1 Å². The summed E-state index contributed by atoms with van der Waals surface area (Å²) in [4.78, 5) is 27.8. The van der Waals surface area contributed by atoms with Crippen LogP contribution in [-0.4, -0.2) is 57.6 Å². The molecular weight excluding hydrogens is 490 g/mol. The third-order valence-electron chi connectivity index (χ3n) is 5.60. The van der Waals surface area contributed by atoms with E-state index in [-0.39, 0.29) is 12.5 Å². The van der Waals surface area contributed by atoms with Gasteiger partial charge >= 0.3 is 0 Å². The summed E-state index contributed by atoms with van der Waals surface area (Å²) in [6.45, 7) is 5.52. The molecule has 0 saturated carbocycles. The number of halogens is 1. The van der Waals surface area contributed by atoms with Crippen molar-refractivity contribution in [2.24, 2.45) is 0 Å². The minimum absolute atomic E-state index is 0.102. The van der Waals surface area contributed by atoms with Gasteiger partial charge in [-0.3, -0.25) is 13.9 Å². The van der Waals surface area contributed by atoms with Gasteiger partial charge in [0.2, 0.25) is 21.8 Å². The molecular formula is C25H34ClN3O5S. The van der Waals surface area contributed by atoms with E-state index >= 15 is 0 Å². The molecule has 192 valence electrons. The van der Waals surface area contributed by atoms with E-state index in [4.69, 9.17) is 16.3 Å². The predicted molar refractivity (Wildman–Crippen MR) is 139 cm³/mol. The van der Waals surface area contributed by atoms with E-state index in [0.29, 0.717) is 28.6 Å². The largest absolute Gasteiger partial charge is 0.497 e. The average Bonchev–Trinajstić information content (AvgIpc) is 2.81. The van der Waals surface area contributed by atoms with Crippen molar-refractivity contribution in [3.63, 3.8) is 0 Å². The lowest BCUT2D eigenvalue weighted by atomic mass is 10.1. The lowest BCUT2D eigenvalue weighted by molar-refractivity contribution is -0.139. The molecule has 1 unspecified atom stereocenters. The number of amides is 2. The number of ether oxygens (including phenoxy) is 1. The van der Waals surface area contributed by atoms with Gasteiger partial charge in [0.05, 0.1) is 19.1 Å². The maximum atomic E-state index is 13.6. The fourth-order valence-electron chi connectivity index (χ4n) is 3.53. The first-order chi connectivity index (χ1) is 16.5. The van der Waals surface area contributed by atoms with Crippen LogP contribution >= 0.6 is 11.6 Å². The van der Waals surface area contributed by atoms with Gasteiger partial charge < -0.3 is 15.0 Å². The highest BCUT2D eigenvalue weighted by molar-refractivity contribution is 7.92. The number of methoxy groups -OCH3 is 1. The number of carbonyl (C=O) groups is 2. The topological polar surface area (TPSA) is 96.0 Å². The zero-order valence-corrected chi connectivity index (χ0v) is 22.4. The standard InChI is InChI=1S/C25H34ClN3O5S/c1-6-7-13-27-25(31)19(3)28(16-20-9-8-10-22(14-20)34-4)24(30)17-29(35(5,32)33)23-15-21(26)12-11-18(23)2/h8-12,14-15,19H,6-7,13,16-17H2,1-5H3,(H,27,31). The monoisotopic (exact) mass is 523 g/mol. The molecule has 0 heterocycles. The summed E-state index contributed by atoms with van der Waals surface area (Å²) in [6, 6.07) is 11.2. The van der Waals surface area contributed by atoms with Crippen LogP contribution in [0, 0.1) is 6.92 Å². The number of aryl methyl sites for hydroxylation is 1. The van der Waals surface area contributed by atoms with Crippen molar-refractivity contribution in [1.29, 1.82) is 0 Å². The number of nitrogens with one attached hydrogen (secondary N) is 1. The maximum absolute atomic E-state index is 13.6. The second-order valence-corrected chi connectivity index (χ2v) is 10.7. The van der Waals surface area contributed by atoms with Gasteiger partial charge in [-0.15, -0.1) is 0 Å². The van der Waals surface area contributed by atoms with E-state index in [1.165, 1.54) is 11.0 Å². The lowest BCUT2D eigenvalue weighted by Crippen LogP contribution is -2.51. The fourth-order valence-corrected chi connectivity index (χ4v) is 4.60. The molecule has 0 aliphatic carbocycles. The number of rotatable bonds is 12. The Morgan fingerprint density at radius 1 is 1.17 bits per heavy atom. The molecule has 1 atom stereocenters. The van der Waals surface area contributed by atoms with Crippen molar-refractivity contribution in [3.05, 3.63) is 58.6 Å². The normalized spacial score (nSPS) is 12.1. The van der Waals surface area contributed by atoms with Gasteiger partial charge in [0.15, 0.2) is 0 Å². The van der Waals surface area contributed by atoms with Crippen LogP contribution in [0.25, 0.3) is 0 Å². The van der Waals surface area contributed by atoms with E-state index in [0.717, 1.165) is 29.0 Å². The molecule has 0 aliphatic heterocycles. The van der Waals surface area contributed by atoms with Crippen molar-refractivity contribution < 1.29 is 22.7 Å². The zero-order chi connectivity index (χ0) is 26.2. The summed E-state index contributed by atoms with van der Waals surface area (Å²) in [6.07, 6.45) is 2.77. The SMILES string of the molecule is CCCCNC(=O)C(C)N(Cc1cccc(OC)c1)C(=O)CN(c1cc(Cl)ccc1C)S(C)(=O)=O. The molecule has 0 aromatic heterocycles. The van der Waals surface area contributed by atoms with Crippen molar-refractivity contribution in [2.45, 2.75) is 46.2 Å². The smallest absolute Gasteiger partial charge is 0.244 e. The molecule has 0 bridgehead atoms. The Morgan fingerprint density at radius 3 is 2.51 bits per heavy atom. The highest BCUT2D eigenvalue weighted by atomic mass is 35.5. The summed E-state index contributed by atoms with van der Waals surface area (Å²) in [5.74, 6) is -0.211. The first-order valence-corrected chi connectivity index (χ1v) is 13.6. The molecule has 2 aromatic carbocycles. The maximum Gasteiger partial charge on any atom is 0.244 e. The summed E-state index contributed by atoms with van der Waals surface area (Å²) >= 11 is 6.12. The number of hydrogen-bond acceptors (Lipinski definition) is 5. The molecule has 0 spiro atoms. The van der Waals surface area contributed by atoms with Crippen LogP contribution in [0.1, 0.15) is 37.8 Å². The Kier molecular flexibility index (Phi) is 10.4. The van der Waals surface area contributed by atoms with E-state index < -0.39 is 28.5 Å². The number of anilines is 1. The third-order valence-corrected chi connectivity index (χ3v) is 6.96. The van der Waals surface area contributed by atoms with Crippen molar-refractivity contribution in [2.75, 3.05) is 30.8 Å². The molecule has 35 heavy (non-hydrogen) atoms. The van der Waals surface area contributed by atoms with Gasteiger partial charge in [0, 0.05) is 18.1 Å². The van der Waals surface area contributed by atoms with Gasteiger partial charge in [0.25, 0.3) is 0 Å². The molecule has 0 saturated heterocycles. The summed E-state index contributed by atoms with van der Waals surface area (Å²) < 4.78 is 31.7. The van der Waals surface area contributed by atoms with Crippen LogP contribution in [-0.2, 0) is 26.2 Å². The summed E-state index contributed by atoms with van der Waals surface area (Å²) in [5.41, 5.74) is 1.71. The Bertz CT molecular complexity index is 1140. The van der Waals surface area contributed by atoms with Crippen molar-refractivity contribution >= 4 is 39.1 Å². The molecule has 0 radical (unpaired) electrons. The Morgan fingerprint density at radius 2 is 1.89 bits per heavy atom. The van der Waals surface area contributed by atoms with Crippen molar-refractivity contribution in [3.8, 4) is 5.75 Å². The van der Waals surface area contributed by atoms with Gasteiger partial charge in [0.1, 0.15) is 18.3 Å². The highest BCUT2D eigenvalue weighted by Gasteiger charge is 2.30. The Balaban J connectivity index is 2.41. The second kappa shape index (κ2) is 12.8. The molecule has 2 rings (SSSR count). The van der Waals surface area contributed by atoms with Gasteiger partial charge in [-0.05, 0) is 55.7 Å². The number of benzene rings is 2. The number of carbonyl (C=O) groups excluding carboxylic acids is 2. The highest BCUT2D eigenvalue weighted by Crippen LogP contribution is 2.27. The van der Waals surface area contributed by atoms with E-state index in [9.17, 15) is 18.0 Å². The average molecular weight is 524 g/mol. The minimum atomic E-state index is -3.83. The molecule has 8 nitrogen and oxygen atoms in total. The van der Waals surface area contributed by atoms with Crippen LogP contribution in [0.2, 0.25) is 5.02 Å². The molecule has 0 fully saturated rings. The number of nitrogens with zero attached hydrogens (tertiary/aromatic N) is 2. The predicted octanol–water partition coefficient (Wildman–Crippen LogP) is 3.76. The number of sulfonamides is 1. The molecule has 0 aliphatic rings.